The van der Waals surface area contributed by atoms with E-state index in [1.54, 1.807) is 12.1 Å². The minimum atomic E-state index is -4.13. The van der Waals surface area contributed by atoms with Crippen molar-refractivity contribution in [1.29, 1.82) is 5.26 Å². The van der Waals surface area contributed by atoms with Gasteiger partial charge in [0.1, 0.15) is 5.75 Å². The Hall–Kier alpha value is -1.90. The van der Waals surface area contributed by atoms with Crippen molar-refractivity contribution in [3.8, 4) is 11.8 Å². The van der Waals surface area contributed by atoms with Gasteiger partial charge in [-0.25, -0.2) is 0 Å². The van der Waals surface area contributed by atoms with Crippen LogP contribution in [0.2, 0.25) is 0 Å². The van der Waals surface area contributed by atoms with Crippen molar-refractivity contribution in [2.24, 2.45) is 0 Å². The summed E-state index contributed by atoms with van der Waals surface area (Å²) in [6, 6.07) is 6.69. The van der Waals surface area contributed by atoms with Crippen LogP contribution in [0.15, 0.2) is 18.2 Å². The predicted molar refractivity (Wildman–Crippen MR) is 61.5 cm³/mol. The fraction of sp³-hybridized carbons (Fsp3) is 0.417. The van der Waals surface area contributed by atoms with Gasteiger partial charge in [-0.15, -0.1) is 0 Å². The lowest BCUT2D eigenvalue weighted by Gasteiger charge is -2.12. The molecule has 0 bridgehead atoms. The highest BCUT2D eigenvalue weighted by Gasteiger charge is 2.25. The van der Waals surface area contributed by atoms with Gasteiger partial charge in [-0.05, 0) is 18.6 Å². The van der Waals surface area contributed by atoms with Crippen molar-refractivity contribution in [3.05, 3.63) is 23.8 Å². The summed E-state index contributed by atoms with van der Waals surface area (Å²) in [5, 5.41) is 11.6. The maximum atomic E-state index is 11.9. The van der Waals surface area contributed by atoms with Crippen LogP contribution >= 0.6 is 0 Å². The number of benzene rings is 1. The second-order valence-electron chi connectivity index (χ2n) is 3.67. The van der Waals surface area contributed by atoms with Gasteiger partial charge in [0.05, 0.1) is 24.4 Å². The summed E-state index contributed by atoms with van der Waals surface area (Å²) >= 11 is 0. The molecule has 0 aliphatic carbocycles. The van der Waals surface area contributed by atoms with E-state index in [-0.39, 0.29) is 13.0 Å². The van der Waals surface area contributed by atoms with Gasteiger partial charge in [0.15, 0.2) is 0 Å². The van der Waals surface area contributed by atoms with Crippen molar-refractivity contribution in [1.82, 2.24) is 0 Å². The maximum absolute atomic E-state index is 11.9. The molecular formula is C12H13F3N2O. The maximum Gasteiger partial charge on any atom is 0.389 e. The standard InChI is InChI=1S/C12H13F3N2O/c1-18-11-7-9(8-16)3-4-10(11)17-6-2-5-12(13,14)15/h3-4,7,17H,2,5-6H2,1H3. The van der Waals surface area contributed by atoms with E-state index in [4.69, 9.17) is 10.00 Å². The second kappa shape index (κ2) is 6.15. The number of anilines is 1. The second-order valence-corrected chi connectivity index (χ2v) is 3.67. The molecule has 6 heteroatoms. The minimum Gasteiger partial charge on any atom is -0.495 e. The molecular weight excluding hydrogens is 245 g/mol. The molecule has 0 fully saturated rings. The van der Waals surface area contributed by atoms with E-state index < -0.39 is 12.6 Å². The monoisotopic (exact) mass is 258 g/mol. The molecule has 1 rings (SSSR count). The molecule has 0 spiro atoms. The van der Waals surface area contributed by atoms with E-state index in [1.807, 2.05) is 6.07 Å². The van der Waals surface area contributed by atoms with Crippen LogP contribution in [0, 0.1) is 11.3 Å². The van der Waals surface area contributed by atoms with Gasteiger partial charge >= 0.3 is 6.18 Å². The van der Waals surface area contributed by atoms with Gasteiger partial charge in [0.2, 0.25) is 0 Å². The fourth-order valence-corrected chi connectivity index (χ4v) is 1.42. The number of methoxy groups -OCH3 is 1. The zero-order chi connectivity index (χ0) is 13.6. The molecule has 0 atom stereocenters. The Morgan fingerprint density at radius 3 is 2.67 bits per heavy atom. The quantitative estimate of drug-likeness (QED) is 0.824. The zero-order valence-corrected chi connectivity index (χ0v) is 9.84. The van der Waals surface area contributed by atoms with Gasteiger partial charge in [-0.3, -0.25) is 0 Å². The van der Waals surface area contributed by atoms with Crippen molar-refractivity contribution >= 4 is 5.69 Å². The highest BCUT2D eigenvalue weighted by atomic mass is 19.4. The Labute approximate surface area is 103 Å². The Bertz CT molecular complexity index is 438. The Morgan fingerprint density at radius 2 is 2.11 bits per heavy atom. The van der Waals surface area contributed by atoms with Crippen LogP contribution in [-0.2, 0) is 0 Å². The summed E-state index contributed by atoms with van der Waals surface area (Å²) < 4.78 is 40.9. The molecule has 1 aromatic carbocycles. The molecule has 0 unspecified atom stereocenters. The normalized spacial score (nSPS) is 10.8. The third-order valence-corrected chi connectivity index (χ3v) is 2.28. The molecule has 0 heterocycles. The van der Waals surface area contributed by atoms with Gasteiger partial charge in [0.25, 0.3) is 0 Å². The van der Waals surface area contributed by atoms with Crippen LogP contribution in [0.25, 0.3) is 0 Å². The molecule has 0 aliphatic heterocycles. The van der Waals surface area contributed by atoms with Crippen molar-refractivity contribution in [2.45, 2.75) is 19.0 Å². The molecule has 3 nitrogen and oxygen atoms in total. The lowest BCUT2D eigenvalue weighted by molar-refractivity contribution is -0.134. The summed E-state index contributed by atoms with van der Waals surface area (Å²) in [4.78, 5) is 0. The number of hydrogen-bond donors (Lipinski definition) is 1. The third-order valence-electron chi connectivity index (χ3n) is 2.28. The number of ether oxygens (including phenoxy) is 1. The van der Waals surface area contributed by atoms with Crippen LogP contribution in [0.5, 0.6) is 5.75 Å². The molecule has 1 N–H and O–H groups in total. The molecule has 0 saturated heterocycles. The van der Waals surface area contributed by atoms with E-state index in [2.05, 4.69) is 5.32 Å². The number of alkyl halides is 3. The molecule has 0 saturated carbocycles. The topological polar surface area (TPSA) is 45.0 Å². The highest BCUT2D eigenvalue weighted by molar-refractivity contribution is 5.59. The van der Waals surface area contributed by atoms with E-state index >= 15 is 0 Å². The number of nitriles is 1. The Kier molecular flexibility index (Phi) is 4.84. The molecule has 98 valence electrons. The summed E-state index contributed by atoms with van der Waals surface area (Å²) in [6.07, 6.45) is -4.96. The van der Waals surface area contributed by atoms with E-state index in [0.29, 0.717) is 17.0 Å². The zero-order valence-electron chi connectivity index (χ0n) is 9.84. The largest absolute Gasteiger partial charge is 0.495 e. The average molecular weight is 258 g/mol. The van der Waals surface area contributed by atoms with Crippen LogP contribution in [0.1, 0.15) is 18.4 Å². The van der Waals surface area contributed by atoms with Crippen LogP contribution in [-0.4, -0.2) is 19.8 Å². The molecule has 1 aromatic rings. The Balaban J connectivity index is 2.55. The van der Waals surface area contributed by atoms with Crippen molar-refractivity contribution < 1.29 is 17.9 Å². The fourth-order valence-electron chi connectivity index (χ4n) is 1.42. The first kappa shape index (κ1) is 14.2. The van der Waals surface area contributed by atoms with Gasteiger partial charge in [0, 0.05) is 19.0 Å². The first-order chi connectivity index (χ1) is 8.46. The number of hydrogen-bond acceptors (Lipinski definition) is 3. The molecule has 18 heavy (non-hydrogen) atoms. The van der Waals surface area contributed by atoms with Gasteiger partial charge < -0.3 is 10.1 Å². The summed E-state index contributed by atoms with van der Waals surface area (Å²) in [5.41, 5.74) is 1.02. The average Bonchev–Trinajstić information content (AvgIpc) is 2.33. The number of nitrogens with one attached hydrogen (secondary N) is 1. The smallest absolute Gasteiger partial charge is 0.389 e. The lowest BCUT2D eigenvalue weighted by atomic mass is 10.2. The van der Waals surface area contributed by atoms with E-state index in [0.717, 1.165) is 0 Å². The summed E-state index contributed by atoms with van der Waals surface area (Å²) in [6.45, 7) is 0.196. The molecule has 0 aromatic heterocycles. The van der Waals surface area contributed by atoms with E-state index in [1.165, 1.54) is 13.2 Å². The summed E-state index contributed by atoms with van der Waals surface area (Å²) in [7, 11) is 1.44. The predicted octanol–water partition coefficient (Wildman–Crippen LogP) is 3.32. The van der Waals surface area contributed by atoms with Crippen LogP contribution < -0.4 is 10.1 Å². The molecule has 0 radical (unpaired) electrons. The minimum absolute atomic E-state index is 0.00729. The first-order valence-corrected chi connectivity index (χ1v) is 5.35. The van der Waals surface area contributed by atoms with Crippen LogP contribution in [0.3, 0.4) is 0 Å². The number of halogens is 3. The molecule has 0 amide bonds. The number of rotatable bonds is 5. The van der Waals surface area contributed by atoms with Crippen LogP contribution in [0.4, 0.5) is 18.9 Å². The SMILES string of the molecule is COc1cc(C#N)ccc1NCCCC(F)(F)F. The lowest BCUT2D eigenvalue weighted by Crippen LogP contribution is -2.11. The first-order valence-electron chi connectivity index (χ1n) is 5.35. The third kappa shape index (κ3) is 4.53. The Morgan fingerprint density at radius 1 is 1.39 bits per heavy atom. The van der Waals surface area contributed by atoms with Crippen molar-refractivity contribution in [3.63, 3.8) is 0 Å². The highest BCUT2D eigenvalue weighted by Crippen LogP contribution is 2.26. The van der Waals surface area contributed by atoms with E-state index in [9.17, 15) is 13.2 Å². The molecule has 0 aliphatic rings. The van der Waals surface area contributed by atoms with Crippen molar-refractivity contribution in [2.75, 3.05) is 19.0 Å². The number of nitrogens with zero attached hydrogens (tertiary/aromatic N) is 1. The van der Waals surface area contributed by atoms with Gasteiger partial charge in [-0.2, -0.15) is 18.4 Å². The summed E-state index contributed by atoms with van der Waals surface area (Å²) in [5.74, 6) is 0.445. The van der Waals surface area contributed by atoms with Gasteiger partial charge in [-0.1, -0.05) is 0 Å².